The molecule has 1 atom stereocenters. The van der Waals surface area contributed by atoms with Crippen molar-refractivity contribution in [3.63, 3.8) is 0 Å². The minimum Gasteiger partial charge on any atom is -0.354 e. The van der Waals surface area contributed by atoms with E-state index in [4.69, 9.17) is 23.2 Å². The topological polar surface area (TPSA) is 86.8 Å². The smallest absolute Gasteiger partial charge is 0.244 e. The number of anilines is 1. The lowest BCUT2D eigenvalue weighted by molar-refractivity contribution is -0.140. The molecule has 3 aromatic rings. The van der Waals surface area contributed by atoms with Crippen LogP contribution >= 0.6 is 39.1 Å². The Kier molecular flexibility index (Phi) is 11.2. The van der Waals surface area contributed by atoms with Gasteiger partial charge in [0, 0.05) is 39.6 Å². The van der Waals surface area contributed by atoms with Gasteiger partial charge < -0.3 is 10.2 Å². The Hall–Kier alpha value is -2.59. The van der Waals surface area contributed by atoms with E-state index in [9.17, 15) is 18.0 Å². The summed E-state index contributed by atoms with van der Waals surface area (Å²) in [5, 5.41) is 3.55. The molecule has 0 saturated heterocycles. The Balaban J connectivity index is 2.10. The molecule has 7 nitrogen and oxygen atoms in total. The summed E-state index contributed by atoms with van der Waals surface area (Å²) in [6.45, 7) is 1.73. The van der Waals surface area contributed by atoms with Crippen LogP contribution in [0.25, 0.3) is 0 Å². The molecule has 0 bridgehead atoms. The van der Waals surface area contributed by atoms with Crippen LogP contribution in [0.1, 0.15) is 24.5 Å². The number of rotatable bonds is 12. The van der Waals surface area contributed by atoms with Crippen LogP contribution < -0.4 is 9.62 Å². The number of sulfonamides is 1. The Morgan fingerprint density at radius 3 is 2.15 bits per heavy atom. The standard InChI is InChI=1S/C28H30BrCl2N3O4S/c1-3-16-32-28(36)26(17-20-10-5-4-6-11-20)33(18-21-23(30)13-9-14-24(21)31)27(35)19-34(39(2,37)38)25-15-8-7-12-22(25)29/h4-15,26H,3,16-19H2,1-2H3,(H,32,36)/t26-/m1/s1. The number of amides is 2. The number of hydrogen-bond acceptors (Lipinski definition) is 4. The molecule has 0 aliphatic rings. The molecule has 0 aliphatic heterocycles. The van der Waals surface area contributed by atoms with Crippen molar-refractivity contribution in [1.82, 2.24) is 10.2 Å². The van der Waals surface area contributed by atoms with Crippen molar-refractivity contribution >= 4 is 66.7 Å². The normalized spacial score (nSPS) is 12.0. The molecule has 0 fully saturated rings. The van der Waals surface area contributed by atoms with Crippen LogP contribution in [0.2, 0.25) is 10.0 Å². The molecule has 3 aromatic carbocycles. The van der Waals surface area contributed by atoms with Crippen LogP contribution in [0, 0.1) is 0 Å². The molecule has 0 radical (unpaired) electrons. The quantitative estimate of drug-likeness (QED) is 0.272. The van der Waals surface area contributed by atoms with Crippen LogP contribution in [0.15, 0.2) is 77.3 Å². The highest BCUT2D eigenvalue weighted by Crippen LogP contribution is 2.30. The fourth-order valence-corrected chi connectivity index (χ4v) is 6.02. The van der Waals surface area contributed by atoms with Gasteiger partial charge in [-0.3, -0.25) is 13.9 Å². The van der Waals surface area contributed by atoms with E-state index in [1.54, 1.807) is 42.5 Å². The van der Waals surface area contributed by atoms with Gasteiger partial charge in [-0.2, -0.15) is 0 Å². The number of carbonyl (C=O) groups excluding carboxylic acids is 2. The molecule has 0 aliphatic carbocycles. The Bertz CT molecular complexity index is 1390. The van der Waals surface area contributed by atoms with E-state index in [-0.39, 0.29) is 18.9 Å². The van der Waals surface area contributed by atoms with E-state index in [0.717, 1.165) is 16.1 Å². The zero-order chi connectivity index (χ0) is 28.6. The summed E-state index contributed by atoms with van der Waals surface area (Å²) in [6.07, 6.45) is 1.94. The molecule has 0 heterocycles. The maximum Gasteiger partial charge on any atom is 0.244 e. The molecular formula is C28H30BrCl2N3O4S. The first kappa shape index (κ1) is 30.9. The number of halogens is 3. The summed E-state index contributed by atoms with van der Waals surface area (Å²) in [5.74, 6) is -0.941. The average Bonchev–Trinajstić information content (AvgIpc) is 2.89. The number of nitrogens with zero attached hydrogens (tertiary/aromatic N) is 2. The van der Waals surface area contributed by atoms with Crippen LogP contribution in [0.3, 0.4) is 0 Å². The Labute approximate surface area is 248 Å². The lowest BCUT2D eigenvalue weighted by atomic mass is 10.0. The predicted octanol–water partition coefficient (Wildman–Crippen LogP) is 5.69. The van der Waals surface area contributed by atoms with E-state index in [1.165, 1.54) is 4.90 Å². The minimum absolute atomic E-state index is 0.0953. The molecule has 2 amide bonds. The fourth-order valence-electron chi connectivity index (χ4n) is 4.02. The molecule has 0 spiro atoms. The van der Waals surface area contributed by atoms with Crippen LogP contribution in [0.5, 0.6) is 0 Å². The summed E-state index contributed by atoms with van der Waals surface area (Å²) in [5.41, 5.74) is 1.60. The number of benzene rings is 3. The summed E-state index contributed by atoms with van der Waals surface area (Å²) in [4.78, 5) is 28.9. The highest BCUT2D eigenvalue weighted by Gasteiger charge is 2.34. The van der Waals surface area contributed by atoms with Gasteiger partial charge in [-0.25, -0.2) is 8.42 Å². The summed E-state index contributed by atoms with van der Waals surface area (Å²) >= 11 is 16.3. The third-order valence-corrected chi connectivity index (χ3v) is 8.52. The van der Waals surface area contributed by atoms with Crippen LogP contribution in [-0.4, -0.2) is 50.5 Å². The first-order valence-electron chi connectivity index (χ1n) is 12.3. The zero-order valence-corrected chi connectivity index (χ0v) is 25.5. The first-order chi connectivity index (χ1) is 18.5. The first-order valence-corrected chi connectivity index (χ1v) is 15.7. The highest BCUT2D eigenvalue weighted by atomic mass is 79.9. The van der Waals surface area contributed by atoms with E-state index < -0.39 is 28.5 Å². The third kappa shape index (κ3) is 8.45. The van der Waals surface area contributed by atoms with Crippen molar-refractivity contribution in [1.29, 1.82) is 0 Å². The molecule has 39 heavy (non-hydrogen) atoms. The fraction of sp³-hybridized carbons (Fsp3) is 0.286. The predicted molar refractivity (Wildman–Crippen MR) is 161 cm³/mol. The van der Waals surface area contributed by atoms with Crippen LogP contribution in [0.4, 0.5) is 5.69 Å². The molecule has 208 valence electrons. The molecule has 11 heteroatoms. The number of nitrogens with one attached hydrogen (secondary N) is 1. The molecule has 1 N–H and O–H groups in total. The number of para-hydroxylation sites is 1. The van der Waals surface area contributed by atoms with Gasteiger partial charge >= 0.3 is 0 Å². The Morgan fingerprint density at radius 2 is 1.56 bits per heavy atom. The van der Waals surface area contributed by atoms with Gasteiger partial charge in [-0.05, 0) is 52.2 Å². The van der Waals surface area contributed by atoms with Crippen LogP contribution in [-0.2, 0) is 32.6 Å². The van der Waals surface area contributed by atoms with Gasteiger partial charge in [0.2, 0.25) is 21.8 Å². The minimum atomic E-state index is -3.87. The maximum absolute atomic E-state index is 14.1. The van der Waals surface area contributed by atoms with E-state index >= 15 is 0 Å². The summed E-state index contributed by atoms with van der Waals surface area (Å²) < 4.78 is 27.2. The van der Waals surface area contributed by atoms with Crippen molar-refractivity contribution in [2.24, 2.45) is 0 Å². The van der Waals surface area contributed by atoms with Crippen molar-refractivity contribution in [2.45, 2.75) is 32.4 Å². The maximum atomic E-state index is 14.1. The molecule has 0 unspecified atom stereocenters. The highest BCUT2D eigenvalue weighted by molar-refractivity contribution is 9.10. The average molecular weight is 655 g/mol. The van der Waals surface area contributed by atoms with Crippen molar-refractivity contribution < 1.29 is 18.0 Å². The van der Waals surface area contributed by atoms with Gasteiger partial charge in [-0.1, -0.05) is 78.7 Å². The molecule has 3 rings (SSSR count). The third-order valence-electron chi connectivity index (χ3n) is 6.01. The SMILES string of the molecule is CCCNC(=O)[C@@H](Cc1ccccc1)N(Cc1c(Cl)cccc1Cl)C(=O)CN(c1ccccc1Br)S(C)(=O)=O. The van der Waals surface area contributed by atoms with Crippen molar-refractivity contribution in [2.75, 3.05) is 23.7 Å². The number of carbonyl (C=O) groups is 2. The lowest BCUT2D eigenvalue weighted by Crippen LogP contribution is -2.53. The van der Waals surface area contributed by atoms with Gasteiger partial charge in [0.05, 0.1) is 11.9 Å². The largest absolute Gasteiger partial charge is 0.354 e. The second-order valence-electron chi connectivity index (χ2n) is 8.94. The van der Waals surface area contributed by atoms with Gasteiger partial charge in [0.15, 0.2) is 0 Å². The van der Waals surface area contributed by atoms with Gasteiger partial charge in [-0.15, -0.1) is 0 Å². The second-order valence-corrected chi connectivity index (χ2v) is 12.5. The van der Waals surface area contributed by atoms with Gasteiger partial charge in [0.25, 0.3) is 0 Å². The zero-order valence-electron chi connectivity index (χ0n) is 21.6. The number of hydrogen-bond donors (Lipinski definition) is 1. The monoisotopic (exact) mass is 653 g/mol. The summed E-state index contributed by atoms with van der Waals surface area (Å²) in [6, 6.07) is 20.1. The van der Waals surface area contributed by atoms with Crippen molar-refractivity contribution in [3.05, 3.63) is 98.4 Å². The van der Waals surface area contributed by atoms with Crippen molar-refractivity contribution in [3.8, 4) is 0 Å². The lowest BCUT2D eigenvalue weighted by Gasteiger charge is -2.34. The molecule has 0 saturated carbocycles. The Morgan fingerprint density at radius 1 is 0.949 bits per heavy atom. The van der Waals surface area contributed by atoms with E-state index in [1.807, 2.05) is 37.3 Å². The second kappa shape index (κ2) is 14.2. The van der Waals surface area contributed by atoms with E-state index in [2.05, 4.69) is 21.2 Å². The van der Waals surface area contributed by atoms with Gasteiger partial charge in [0.1, 0.15) is 12.6 Å². The van der Waals surface area contributed by atoms with E-state index in [0.29, 0.717) is 38.7 Å². The molecule has 0 aromatic heterocycles. The summed E-state index contributed by atoms with van der Waals surface area (Å²) in [7, 11) is -3.87. The molecular weight excluding hydrogens is 625 g/mol.